The molecular weight excluding hydrogens is 339 g/mol. The van der Waals surface area contributed by atoms with E-state index in [9.17, 15) is 4.39 Å². The Bertz CT molecular complexity index is 994. The predicted molar refractivity (Wildman–Crippen MR) is 94.1 cm³/mol. The van der Waals surface area contributed by atoms with Crippen LogP contribution in [0.5, 0.6) is 0 Å². The SMILES string of the molecule is CC(Nc1nnc(Cc2ccc(F)cc2)s1)c1nnc2ccccn12. The van der Waals surface area contributed by atoms with Crippen LogP contribution in [-0.4, -0.2) is 24.8 Å². The number of pyridine rings is 1. The van der Waals surface area contributed by atoms with Crippen molar-refractivity contribution >= 4 is 22.1 Å². The first-order valence-electron chi connectivity index (χ1n) is 7.82. The van der Waals surface area contributed by atoms with Gasteiger partial charge in [0.25, 0.3) is 0 Å². The molecule has 0 amide bonds. The van der Waals surface area contributed by atoms with Gasteiger partial charge in [-0.15, -0.1) is 20.4 Å². The minimum absolute atomic E-state index is 0.0657. The summed E-state index contributed by atoms with van der Waals surface area (Å²) in [5.41, 5.74) is 1.81. The van der Waals surface area contributed by atoms with Crippen LogP contribution in [0.1, 0.15) is 29.4 Å². The number of nitrogens with zero attached hydrogens (tertiary/aromatic N) is 5. The van der Waals surface area contributed by atoms with E-state index in [-0.39, 0.29) is 11.9 Å². The van der Waals surface area contributed by atoms with Gasteiger partial charge in [0.15, 0.2) is 11.5 Å². The van der Waals surface area contributed by atoms with Crippen molar-refractivity contribution in [2.24, 2.45) is 0 Å². The van der Waals surface area contributed by atoms with Gasteiger partial charge < -0.3 is 5.32 Å². The highest BCUT2D eigenvalue weighted by Gasteiger charge is 2.15. The monoisotopic (exact) mass is 354 g/mol. The van der Waals surface area contributed by atoms with Crippen molar-refractivity contribution in [3.05, 3.63) is 70.9 Å². The van der Waals surface area contributed by atoms with Gasteiger partial charge >= 0.3 is 0 Å². The van der Waals surface area contributed by atoms with Gasteiger partial charge in [-0.05, 0) is 36.8 Å². The molecule has 0 aliphatic rings. The molecule has 0 saturated carbocycles. The lowest BCUT2D eigenvalue weighted by Crippen LogP contribution is -2.10. The third-order valence-corrected chi connectivity index (χ3v) is 4.66. The highest BCUT2D eigenvalue weighted by Crippen LogP contribution is 2.23. The zero-order valence-corrected chi connectivity index (χ0v) is 14.2. The summed E-state index contributed by atoms with van der Waals surface area (Å²) in [6.45, 7) is 2.00. The molecule has 0 saturated heterocycles. The summed E-state index contributed by atoms with van der Waals surface area (Å²) in [7, 11) is 0. The Kier molecular flexibility index (Phi) is 4.10. The smallest absolute Gasteiger partial charge is 0.206 e. The third-order valence-electron chi connectivity index (χ3n) is 3.80. The molecule has 126 valence electrons. The second kappa shape index (κ2) is 6.56. The van der Waals surface area contributed by atoms with E-state index in [0.717, 1.165) is 27.2 Å². The van der Waals surface area contributed by atoms with Crippen molar-refractivity contribution in [3.8, 4) is 0 Å². The van der Waals surface area contributed by atoms with Gasteiger partial charge in [-0.3, -0.25) is 4.40 Å². The van der Waals surface area contributed by atoms with E-state index in [1.165, 1.54) is 23.5 Å². The minimum atomic E-state index is -0.238. The maximum atomic E-state index is 13.0. The van der Waals surface area contributed by atoms with Gasteiger partial charge in [0.05, 0.1) is 6.04 Å². The maximum absolute atomic E-state index is 13.0. The van der Waals surface area contributed by atoms with Crippen molar-refractivity contribution < 1.29 is 4.39 Å². The van der Waals surface area contributed by atoms with Crippen LogP contribution in [0, 0.1) is 5.82 Å². The van der Waals surface area contributed by atoms with Crippen molar-refractivity contribution in [2.45, 2.75) is 19.4 Å². The molecule has 1 aromatic carbocycles. The van der Waals surface area contributed by atoms with E-state index < -0.39 is 0 Å². The van der Waals surface area contributed by atoms with E-state index >= 15 is 0 Å². The second-order valence-electron chi connectivity index (χ2n) is 5.66. The van der Waals surface area contributed by atoms with Gasteiger partial charge in [0.1, 0.15) is 10.8 Å². The Labute approximate surface area is 147 Å². The topological polar surface area (TPSA) is 68.0 Å². The normalized spacial score (nSPS) is 12.4. The van der Waals surface area contributed by atoms with Gasteiger partial charge in [-0.1, -0.05) is 29.5 Å². The van der Waals surface area contributed by atoms with Crippen molar-refractivity contribution in [1.29, 1.82) is 0 Å². The van der Waals surface area contributed by atoms with Crippen LogP contribution in [-0.2, 0) is 6.42 Å². The number of halogens is 1. The molecule has 0 fully saturated rings. The molecule has 4 rings (SSSR count). The van der Waals surface area contributed by atoms with Crippen LogP contribution >= 0.6 is 11.3 Å². The van der Waals surface area contributed by atoms with Gasteiger partial charge in [0.2, 0.25) is 5.13 Å². The fourth-order valence-electron chi connectivity index (χ4n) is 2.57. The molecule has 3 aromatic heterocycles. The number of nitrogens with one attached hydrogen (secondary N) is 1. The number of hydrogen-bond donors (Lipinski definition) is 1. The summed E-state index contributed by atoms with van der Waals surface area (Å²) >= 11 is 1.48. The largest absolute Gasteiger partial charge is 0.350 e. The van der Waals surface area contributed by atoms with E-state index in [4.69, 9.17) is 0 Å². The van der Waals surface area contributed by atoms with Crippen molar-refractivity contribution in [3.63, 3.8) is 0 Å². The molecule has 0 bridgehead atoms. The van der Waals surface area contributed by atoms with Crippen LogP contribution < -0.4 is 5.32 Å². The summed E-state index contributed by atoms with van der Waals surface area (Å²) in [5, 5.41) is 21.7. The molecule has 1 atom stereocenters. The third kappa shape index (κ3) is 3.34. The fraction of sp³-hybridized carbons (Fsp3) is 0.176. The first-order chi connectivity index (χ1) is 12.2. The summed E-state index contributed by atoms with van der Waals surface area (Å²) in [4.78, 5) is 0. The Morgan fingerprint density at radius 2 is 1.92 bits per heavy atom. The van der Waals surface area contributed by atoms with Crippen molar-refractivity contribution in [2.75, 3.05) is 5.32 Å². The quantitative estimate of drug-likeness (QED) is 0.594. The molecule has 0 aliphatic carbocycles. The first-order valence-corrected chi connectivity index (χ1v) is 8.64. The second-order valence-corrected chi connectivity index (χ2v) is 6.72. The number of benzene rings is 1. The summed E-state index contributed by atoms with van der Waals surface area (Å²) in [5.74, 6) is 0.573. The molecule has 25 heavy (non-hydrogen) atoms. The zero-order chi connectivity index (χ0) is 17.2. The number of anilines is 1. The van der Waals surface area contributed by atoms with E-state index in [2.05, 4.69) is 25.7 Å². The summed E-state index contributed by atoms with van der Waals surface area (Å²) < 4.78 is 14.9. The molecule has 1 unspecified atom stereocenters. The van der Waals surface area contributed by atoms with Crippen LogP contribution in [0.3, 0.4) is 0 Å². The molecule has 0 spiro atoms. The maximum Gasteiger partial charge on any atom is 0.206 e. The molecule has 0 aliphatic heterocycles. The van der Waals surface area contributed by atoms with E-state index in [1.54, 1.807) is 12.1 Å². The average molecular weight is 354 g/mol. The molecule has 3 heterocycles. The van der Waals surface area contributed by atoms with Gasteiger partial charge in [0, 0.05) is 12.6 Å². The Morgan fingerprint density at radius 1 is 1.08 bits per heavy atom. The van der Waals surface area contributed by atoms with Crippen LogP contribution in [0.15, 0.2) is 48.7 Å². The molecule has 1 N–H and O–H groups in total. The lowest BCUT2D eigenvalue weighted by molar-refractivity contribution is 0.627. The lowest BCUT2D eigenvalue weighted by atomic mass is 10.2. The molecule has 0 radical (unpaired) electrons. The number of aromatic nitrogens is 5. The first kappa shape index (κ1) is 15.6. The zero-order valence-electron chi connectivity index (χ0n) is 13.4. The number of fused-ring (bicyclic) bond motifs is 1. The van der Waals surface area contributed by atoms with Crippen molar-refractivity contribution in [1.82, 2.24) is 24.8 Å². The van der Waals surface area contributed by atoms with Crippen LogP contribution in [0.25, 0.3) is 5.65 Å². The molecule has 6 nitrogen and oxygen atoms in total. The lowest BCUT2D eigenvalue weighted by Gasteiger charge is -2.10. The number of hydrogen-bond acceptors (Lipinski definition) is 6. The van der Waals surface area contributed by atoms with E-state index in [0.29, 0.717) is 6.42 Å². The Morgan fingerprint density at radius 3 is 2.76 bits per heavy atom. The van der Waals surface area contributed by atoms with Gasteiger partial charge in [-0.25, -0.2) is 4.39 Å². The minimum Gasteiger partial charge on any atom is -0.350 e. The van der Waals surface area contributed by atoms with Crippen LogP contribution in [0.4, 0.5) is 9.52 Å². The van der Waals surface area contributed by atoms with Crippen LogP contribution in [0.2, 0.25) is 0 Å². The van der Waals surface area contributed by atoms with E-state index in [1.807, 2.05) is 35.7 Å². The highest BCUT2D eigenvalue weighted by atomic mass is 32.1. The van der Waals surface area contributed by atoms with Gasteiger partial charge in [-0.2, -0.15) is 0 Å². The predicted octanol–water partition coefficient (Wildman–Crippen LogP) is 3.48. The molecule has 8 heteroatoms. The summed E-state index contributed by atoms with van der Waals surface area (Å²) in [6, 6.07) is 12.1. The number of rotatable bonds is 5. The summed E-state index contributed by atoms with van der Waals surface area (Å²) in [6.07, 6.45) is 2.56. The Hall–Kier alpha value is -2.87. The molecular formula is C17H15FN6S. The fourth-order valence-corrected chi connectivity index (χ4v) is 3.43. The molecule has 4 aromatic rings. The highest BCUT2D eigenvalue weighted by molar-refractivity contribution is 7.15. The standard InChI is InChI=1S/C17H15FN6S/c1-11(16-22-20-14-4-2-3-9-24(14)16)19-17-23-21-15(25-17)10-12-5-7-13(18)8-6-12/h2-9,11H,10H2,1H3,(H,19,23). The Balaban J connectivity index is 1.48. The average Bonchev–Trinajstić information content (AvgIpc) is 3.23.